The lowest BCUT2D eigenvalue weighted by Gasteiger charge is -2.27. The number of aromatic nitrogens is 5. The number of pyridine rings is 1. The molecule has 2 amide bonds. The van der Waals surface area contributed by atoms with E-state index in [0.29, 0.717) is 30.8 Å². The van der Waals surface area contributed by atoms with Crippen LogP contribution in [0.1, 0.15) is 64.2 Å². The van der Waals surface area contributed by atoms with Gasteiger partial charge in [0.2, 0.25) is 0 Å². The number of fused-ring (bicyclic) bond motifs is 2. The number of amides is 2. The number of nitrogens with one attached hydrogen (secondary N) is 2. The van der Waals surface area contributed by atoms with Crippen molar-refractivity contribution in [1.29, 1.82) is 0 Å². The molecular weight excluding hydrogens is 382 g/mol. The molecule has 156 valence electrons. The maximum Gasteiger partial charge on any atom is 0.272 e. The van der Waals surface area contributed by atoms with Gasteiger partial charge in [-0.1, -0.05) is 19.3 Å². The summed E-state index contributed by atoms with van der Waals surface area (Å²) in [5, 5.41) is 14.6. The first-order valence-electron chi connectivity index (χ1n) is 10.5. The fourth-order valence-corrected chi connectivity index (χ4v) is 4.51. The number of rotatable bonds is 3. The van der Waals surface area contributed by atoms with Gasteiger partial charge in [0.15, 0.2) is 5.69 Å². The normalized spacial score (nSPS) is 17.2. The van der Waals surface area contributed by atoms with Gasteiger partial charge in [0, 0.05) is 31.4 Å². The number of H-pyrrole nitrogens is 1. The van der Waals surface area contributed by atoms with E-state index in [1.54, 1.807) is 22.0 Å². The molecular formula is C21H25N7O2. The number of carbonyl (C=O) groups is 2. The number of hydrogen-bond donors (Lipinski definition) is 2. The number of aromatic amines is 1. The maximum atomic E-state index is 13.0. The molecule has 9 heteroatoms. The van der Waals surface area contributed by atoms with Crippen LogP contribution in [-0.4, -0.2) is 54.3 Å². The molecule has 0 aromatic carbocycles. The molecule has 5 rings (SSSR count). The number of carbonyl (C=O) groups excluding carboxylic acids is 2. The van der Waals surface area contributed by atoms with Gasteiger partial charge >= 0.3 is 0 Å². The highest BCUT2D eigenvalue weighted by atomic mass is 16.2. The van der Waals surface area contributed by atoms with Crippen molar-refractivity contribution in [1.82, 2.24) is 35.2 Å². The summed E-state index contributed by atoms with van der Waals surface area (Å²) in [4.78, 5) is 31.9. The lowest BCUT2D eigenvalue weighted by molar-refractivity contribution is 0.0732. The van der Waals surface area contributed by atoms with Crippen molar-refractivity contribution < 1.29 is 9.59 Å². The van der Waals surface area contributed by atoms with Crippen molar-refractivity contribution in [3.05, 3.63) is 41.0 Å². The quantitative estimate of drug-likeness (QED) is 0.690. The zero-order valence-corrected chi connectivity index (χ0v) is 17.0. The third kappa shape index (κ3) is 3.34. The fraction of sp³-hybridized carbons (Fsp3) is 0.476. The highest BCUT2D eigenvalue weighted by Crippen LogP contribution is 2.23. The van der Waals surface area contributed by atoms with Crippen LogP contribution in [-0.2, 0) is 20.0 Å². The average molecular weight is 407 g/mol. The van der Waals surface area contributed by atoms with E-state index in [-0.39, 0.29) is 17.9 Å². The Morgan fingerprint density at radius 1 is 1.20 bits per heavy atom. The summed E-state index contributed by atoms with van der Waals surface area (Å²) >= 11 is 0. The second-order valence-electron chi connectivity index (χ2n) is 8.21. The molecule has 1 saturated carbocycles. The Labute approximate surface area is 173 Å². The number of aryl methyl sites for hydroxylation is 1. The minimum absolute atomic E-state index is 0.0842. The minimum Gasteiger partial charge on any atom is -0.348 e. The molecule has 2 aliphatic rings. The SMILES string of the molecule is Cn1ncc2ncc(C(=O)N3CCc4c(C(=O)NC5CCCCC5)n[nH]c4C3)cc21. The molecule has 1 aliphatic carbocycles. The molecule has 0 atom stereocenters. The first kappa shape index (κ1) is 18.8. The molecule has 0 unspecified atom stereocenters. The molecule has 1 aliphatic heterocycles. The van der Waals surface area contributed by atoms with E-state index in [4.69, 9.17) is 0 Å². The van der Waals surface area contributed by atoms with E-state index in [1.807, 2.05) is 13.1 Å². The highest BCUT2D eigenvalue weighted by molar-refractivity contribution is 5.97. The van der Waals surface area contributed by atoms with Gasteiger partial charge in [0.25, 0.3) is 11.8 Å². The number of nitrogens with zero attached hydrogens (tertiary/aromatic N) is 5. The van der Waals surface area contributed by atoms with Crippen LogP contribution in [0.15, 0.2) is 18.5 Å². The second-order valence-corrected chi connectivity index (χ2v) is 8.21. The molecule has 1 fully saturated rings. The molecule has 0 saturated heterocycles. The summed E-state index contributed by atoms with van der Waals surface area (Å²) in [6, 6.07) is 2.07. The standard InChI is InChI=1S/C21H25N7O2/c1-27-18-9-13(10-22-16(18)11-23-27)21(30)28-8-7-15-17(12-28)25-26-19(15)20(29)24-14-5-3-2-4-6-14/h9-11,14H,2-8,12H2,1H3,(H,24,29)(H,25,26). The van der Waals surface area contributed by atoms with Crippen LogP contribution in [0.5, 0.6) is 0 Å². The van der Waals surface area contributed by atoms with E-state index < -0.39 is 0 Å². The molecule has 3 aromatic rings. The monoisotopic (exact) mass is 407 g/mol. The summed E-state index contributed by atoms with van der Waals surface area (Å²) in [6.45, 7) is 0.944. The largest absolute Gasteiger partial charge is 0.348 e. The van der Waals surface area contributed by atoms with Crippen molar-refractivity contribution in [3.63, 3.8) is 0 Å². The summed E-state index contributed by atoms with van der Waals surface area (Å²) in [6.07, 6.45) is 9.54. The van der Waals surface area contributed by atoms with Gasteiger partial charge in [-0.2, -0.15) is 10.2 Å². The second kappa shape index (κ2) is 7.55. The van der Waals surface area contributed by atoms with Crippen LogP contribution in [0.2, 0.25) is 0 Å². The maximum absolute atomic E-state index is 13.0. The Balaban J connectivity index is 1.31. The van der Waals surface area contributed by atoms with Gasteiger partial charge in [-0.25, -0.2) is 0 Å². The van der Waals surface area contributed by atoms with Crippen LogP contribution in [0.4, 0.5) is 0 Å². The Morgan fingerprint density at radius 2 is 2.03 bits per heavy atom. The van der Waals surface area contributed by atoms with E-state index >= 15 is 0 Å². The Bertz CT molecular complexity index is 1110. The summed E-state index contributed by atoms with van der Waals surface area (Å²) in [5.41, 5.74) is 4.34. The van der Waals surface area contributed by atoms with Crippen molar-refractivity contribution in [2.45, 2.75) is 51.1 Å². The van der Waals surface area contributed by atoms with Gasteiger partial charge < -0.3 is 10.2 Å². The lowest BCUT2D eigenvalue weighted by Crippen LogP contribution is -2.38. The Kier molecular flexibility index (Phi) is 4.72. The van der Waals surface area contributed by atoms with Crippen LogP contribution >= 0.6 is 0 Å². The third-order valence-corrected chi connectivity index (χ3v) is 6.22. The Hall–Kier alpha value is -3.23. The molecule has 0 radical (unpaired) electrons. The van der Waals surface area contributed by atoms with Gasteiger partial charge in [-0.15, -0.1) is 0 Å². The van der Waals surface area contributed by atoms with Crippen LogP contribution in [0.3, 0.4) is 0 Å². The summed E-state index contributed by atoms with van der Waals surface area (Å²) < 4.78 is 1.71. The summed E-state index contributed by atoms with van der Waals surface area (Å²) in [7, 11) is 1.83. The van der Waals surface area contributed by atoms with Gasteiger partial charge in [0.1, 0.15) is 5.52 Å². The smallest absolute Gasteiger partial charge is 0.272 e. The fourth-order valence-electron chi connectivity index (χ4n) is 4.51. The number of hydrogen-bond acceptors (Lipinski definition) is 5. The molecule has 0 spiro atoms. The molecule has 0 bridgehead atoms. The lowest BCUT2D eigenvalue weighted by atomic mass is 9.95. The summed E-state index contributed by atoms with van der Waals surface area (Å²) in [5.74, 6) is -0.191. The van der Waals surface area contributed by atoms with E-state index in [1.165, 1.54) is 19.3 Å². The Morgan fingerprint density at radius 3 is 2.87 bits per heavy atom. The third-order valence-electron chi connectivity index (χ3n) is 6.22. The first-order chi connectivity index (χ1) is 14.6. The molecule has 4 heterocycles. The van der Waals surface area contributed by atoms with E-state index in [9.17, 15) is 9.59 Å². The van der Waals surface area contributed by atoms with Crippen molar-refractivity contribution in [2.24, 2.45) is 7.05 Å². The van der Waals surface area contributed by atoms with Gasteiger partial charge in [-0.05, 0) is 25.3 Å². The molecule has 2 N–H and O–H groups in total. The van der Waals surface area contributed by atoms with Gasteiger partial charge in [-0.3, -0.25) is 24.4 Å². The average Bonchev–Trinajstić information content (AvgIpc) is 3.37. The predicted octanol–water partition coefficient (Wildman–Crippen LogP) is 1.95. The van der Waals surface area contributed by atoms with Crippen LogP contribution in [0.25, 0.3) is 11.0 Å². The van der Waals surface area contributed by atoms with Crippen LogP contribution in [0, 0.1) is 0 Å². The molecule has 3 aromatic heterocycles. The topological polar surface area (TPSA) is 109 Å². The molecule has 30 heavy (non-hydrogen) atoms. The van der Waals surface area contributed by atoms with Crippen molar-refractivity contribution >= 4 is 22.8 Å². The zero-order valence-electron chi connectivity index (χ0n) is 17.0. The van der Waals surface area contributed by atoms with Crippen LogP contribution < -0.4 is 5.32 Å². The van der Waals surface area contributed by atoms with E-state index in [2.05, 4.69) is 25.6 Å². The van der Waals surface area contributed by atoms with Gasteiger partial charge in [0.05, 0.1) is 29.5 Å². The zero-order chi connectivity index (χ0) is 20.7. The predicted molar refractivity (Wildman–Crippen MR) is 110 cm³/mol. The highest BCUT2D eigenvalue weighted by Gasteiger charge is 2.29. The first-order valence-corrected chi connectivity index (χ1v) is 10.5. The van der Waals surface area contributed by atoms with Crippen molar-refractivity contribution in [2.75, 3.05) is 6.54 Å². The minimum atomic E-state index is -0.106. The van der Waals surface area contributed by atoms with Crippen molar-refractivity contribution in [3.8, 4) is 0 Å². The molecule has 9 nitrogen and oxygen atoms in total. The van der Waals surface area contributed by atoms with E-state index in [0.717, 1.165) is 35.1 Å².